The van der Waals surface area contributed by atoms with Gasteiger partial charge in [0.2, 0.25) is 5.91 Å². The van der Waals surface area contributed by atoms with Gasteiger partial charge in [0.05, 0.1) is 32.7 Å². The van der Waals surface area contributed by atoms with Gasteiger partial charge in [-0.15, -0.1) is 0 Å². The summed E-state index contributed by atoms with van der Waals surface area (Å²) in [6, 6.07) is 10.4. The quantitative estimate of drug-likeness (QED) is 0.779. The summed E-state index contributed by atoms with van der Waals surface area (Å²) in [7, 11) is 0. The van der Waals surface area contributed by atoms with Crippen molar-refractivity contribution in [3.05, 3.63) is 42.0 Å². The van der Waals surface area contributed by atoms with E-state index in [2.05, 4.69) is 55.2 Å². The lowest BCUT2D eigenvalue weighted by Gasteiger charge is -2.33. The van der Waals surface area contributed by atoms with Crippen molar-refractivity contribution in [3.63, 3.8) is 0 Å². The van der Waals surface area contributed by atoms with E-state index in [1.54, 1.807) is 4.90 Å². The number of benzene rings is 1. The molecule has 1 atom stereocenters. The molecule has 1 fully saturated rings. The fourth-order valence-corrected chi connectivity index (χ4v) is 3.38. The molecule has 1 N–H and O–H groups in total. The molecule has 2 rings (SSSR count). The Labute approximate surface area is 147 Å². The molecule has 0 unspecified atom stereocenters. The van der Waals surface area contributed by atoms with Gasteiger partial charge in [-0.2, -0.15) is 0 Å². The maximum absolute atomic E-state index is 12.6. The van der Waals surface area contributed by atoms with E-state index in [1.165, 1.54) is 18.4 Å². The van der Waals surface area contributed by atoms with Crippen molar-refractivity contribution in [1.82, 2.24) is 4.90 Å². The Morgan fingerprint density at radius 1 is 1.21 bits per heavy atom. The Hall–Kier alpha value is -1.61. The van der Waals surface area contributed by atoms with Crippen molar-refractivity contribution in [2.45, 2.75) is 39.5 Å². The zero-order valence-corrected chi connectivity index (χ0v) is 15.3. The zero-order valence-electron chi connectivity index (χ0n) is 15.3. The molecule has 3 heteroatoms. The van der Waals surface area contributed by atoms with Crippen LogP contribution in [0.15, 0.2) is 36.4 Å². The minimum Gasteiger partial charge on any atom is -0.331 e. The molecule has 1 aliphatic rings. The van der Waals surface area contributed by atoms with Gasteiger partial charge in [0, 0.05) is 5.92 Å². The van der Waals surface area contributed by atoms with Gasteiger partial charge in [0.25, 0.3) is 0 Å². The zero-order chi connectivity index (χ0) is 17.2. The van der Waals surface area contributed by atoms with Gasteiger partial charge >= 0.3 is 0 Å². The third kappa shape index (κ3) is 5.79. The number of hydrogen-bond donors (Lipinski definition) is 1. The minimum atomic E-state index is 0.240. The number of unbranched alkanes of at least 4 members (excludes halogenated alkanes) is 1. The summed E-state index contributed by atoms with van der Waals surface area (Å²) in [6.07, 6.45) is 8.83. The van der Waals surface area contributed by atoms with Crippen molar-refractivity contribution < 1.29 is 9.69 Å². The molecule has 0 radical (unpaired) electrons. The van der Waals surface area contributed by atoms with Crippen LogP contribution in [0.1, 0.15) is 45.1 Å². The van der Waals surface area contributed by atoms with Crippen LogP contribution in [0.4, 0.5) is 0 Å². The Morgan fingerprint density at radius 3 is 2.54 bits per heavy atom. The topological polar surface area (TPSA) is 24.8 Å². The average Bonchev–Trinajstić information content (AvgIpc) is 2.63. The monoisotopic (exact) mass is 329 g/mol. The summed E-state index contributed by atoms with van der Waals surface area (Å²) >= 11 is 0. The first-order valence-corrected chi connectivity index (χ1v) is 9.58. The van der Waals surface area contributed by atoms with Crippen LogP contribution < -0.4 is 4.90 Å². The molecule has 24 heavy (non-hydrogen) atoms. The van der Waals surface area contributed by atoms with E-state index in [0.29, 0.717) is 5.91 Å². The second-order valence-corrected chi connectivity index (χ2v) is 6.84. The van der Waals surface area contributed by atoms with Crippen LogP contribution in [0.3, 0.4) is 0 Å². The Bertz CT molecular complexity index is 504. The van der Waals surface area contributed by atoms with E-state index in [-0.39, 0.29) is 5.92 Å². The highest BCUT2D eigenvalue weighted by Crippen LogP contribution is 2.16. The summed E-state index contributed by atoms with van der Waals surface area (Å²) in [5.74, 6) is 0.634. The highest BCUT2D eigenvalue weighted by Gasteiger charge is 2.27. The third-order valence-electron chi connectivity index (χ3n) is 5.05. The van der Waals surface area contributed by atoms with Crippen LogP contribution in [-0.2, 0) is 4.79 Å². The number of nitrogens with zero attached hydrogens (tertiary/aromatic N) is 1. The molecule has 1 aromatic carbocycles. The highest BCUT2D eigenvalue weighted by molar-refractivity contribution is 5.78. The van der Waals surface area contributed by atoms with Crippen LogP contribution in [0.2, 0.25) is 0 Å². The third-order valence-corrected chi connectivity index (χ3v) is 5.05. The summed E-state index contributed by atoms with van der Waals surface area (Å²) in [6.45, 7) is 9.34. The second-order valence-electron chi connectivity index (χ2n) is 6.84. The van der Waals surface area contributed by atoms with E-state index < -0.39 is 0 Å². The van der Waals surface area contributed by atoms with Gasteiger partial charge in [-0.3, -0.25) is 4.79 Å². The number of piperazine rings is 1. The van der Waals surface area contributed by atoms with Crippen LogP contribution in [0.5, 0.6) is 0 Å². The molecule has 0 bridgehead atoms. The van der Waals surface area contributed by atoms with Gasteiger partial charge < -0.3 is 9.80 Å². The number of carbonyl (C=O) groups is 1. The molecule has 0 saturated carbocycles. The Morgan fingerprint density at radius 2 is 1.92 bits per heavy atom. The first-order valence-electron chi connectivity index (χ1n) is 9.58. The van der Waals surface area contributed by atoms with Gasteiger partial charge in [0.15, 0.2) is 0 Å². The van der Waals surface area contributed by atoms with Crippen LogP contribution in [-0.4, -0.2) is 43.5 Å². The van der Waals surface area contributed by atoms with Gasteiger partial charge in [-0.1, -0.05) is 63.1 Å². The molecule has 1 aromatic rings. The number of hydrogen-bond acceptors (Lipinski definition) is 1. The van der Waals surface area contributed by atoms with Crippen LogP contribution >= 0.6 is 0 Å². The number of amides is 1. The van der Waals surface area contributed by atoms with Crippen molar-refractivity contribution in [2.24, 2.45) is 5.92 Å². The van der Waals surface area contributed by atoms with E-state index in [1.807, 2.05) is 6.07 Å². The summed E-state index contributed by atoms with van der Waals surface area (Å²) in [4.78, 5) is 16.3. The molecule has 1 saturated heterocycles. The predicted octanol–water partition coefficient (Wildman–Crippen LogP) is 2.64. The Balaban J connectivity index is 1.74. The molecule has 1 amide bonds. The number of quaternary nitrogens is 1. The minimum absolute atomic E-state index is 0.240. The van der Waals surface area contributed by atoms with E-state index in [9.17, 15) is 4.79 Å². The normalized spacial score (nSPS) is 17.3. The Kier molecular flexibility index (Phi) is 8.03. The number of carbonyl (C=O) groups excluding carboxylic acids is 1. The molecule has 0 aromatic heterocycles. The van der Waals surface area contributed by atoms with Gasteiger partial charge in [0.1, 0.15) is 0 Å². The van der Waals surface area contributed by atoms with E-state index in [0.717, 1.165) is 45.6 Å². The van der Waals surface area contributed by atoms with E-state index in [4.69, 9.17) is 0 Å². The maximum Gasteiger partial charge on any atom is 0.226 e. The average molecular weight is 330 g/mol. The summed E-state index contributed by atoms with van der Waals surface area (Å²) in [5, 5.41) is 0. The molecule has 0 aliphatic carbocycles. The van der Waals surface area contributed by atoms with Crippen LogP contribution in [0, 0.1) is 5.92 Å². The predicted molar refractivity (Wildman–Crippen MR) is 101 cm³/mol. The highest BCUT2D eigenvalue weighted by atomic mass is 16.2. The molecule has 0 spiro atoms. The van der Waals surface area contributed by atoms with Gasteiger partial charge in [-0.05, 0) is 24.5 Å². The van der Waals surface area contributed by atoms with Crippen molar-refractivity contribution in [2.75, 3.05) is 32.7 Å². The first kappa shape index (κ1) is 18.7. The van der Waals surface area contributed by atoms with Gasteiger partial charge in [-0.25, -0.2) is 0 Å². The van der Waals surface area contributed by atoms with Crippen molar-refractivity contribution in [1.29, 1.82) is 0 Å². The molecule has 1 heterocycles. The smallest absolute Gasteiger partial charge is 0.226 e. The van der Waals surface area contributed by atoms with Crippen molar-refractivity contribution >= 4 is 12.0 Å². The molecule has 1 aliphatic heterocycles. The summed E-state index contributed by atoms with van der Waals surface area (Å²) < 4.78 is 0. The summed E-state index contributed by atoms with van der Waals surface area (Å²) in [5.41, 5.74) is 1.26. The largest absolute Gasteiger partial charge is 0.331 e. The fraction of sp³-hybridized carbons (Fsp3) is 0.571. The molecule has 132 valence electrons. The lowest BCUT2D eigenvalue weighted by atomic mass is 9.97. The maximum atomic E-state index is 12.6. The standard InChI is InChI=1S/C21H32N2O/c1-3-5-13-20(4-2)21(24)23-17-15-22(16-18-23)14-9-12-19-10-7-6-8-11-19/h6-12,20H,3-5,13-18H2,1-2H3/p+1/b12-9+/t20-/m0/s1. The second kappa shape index (κ2) is 10.3. The van der Waals surface area contributed by atoms with Crippen LogP contribution in [0.25, 0.3) is 6.08 Å². The molecule has 3 nitrogen and oxygen atoms in total. The lowest BCUT2D eigenvalue weighted by Crippen LogP contribution is -3.14. The fourth-order valence-electron chi connectivity index (χ4n) is 3.38. The molecular formula is C21H33N2O+. The van der Waals surface area contributed by atoms with E-state index >= 15 is 0 Å². The molecular weight excluding hydrogens is 296 g/mol. The van der Waals surface area contributed by atoms with Crippen molar-refractivity contribution in [3.8, 4) is 0 Å². The first-order chi connectivity index (χ1) is 11.7. The number of rotatable bonds is 8. The lowest BCUT2D eigenvalue weighted by molar-refractivity contribution is -0.898. The number of nitrogens with one attached hydrogen (secondary N) is 1. The SMILES string of the molecule is CCCC[C@H](CC)C(=O)N1CC[NH+](C/C=C/c2ccccc2)CC1.